The third-order valence-electron chi connectivity index (χ3n) is 5.17. The van der Waals surface area contributed by atoms with Crippen molar-refractivity contribution >= 4 is 23.2 Å². The van der Waals surface area contributed by atoms with Crippen molar-refractivity contribution in [2.45, 2.75) is 24.9 Å². The number of carbonyl (C=O) groups is 1. The predicted octanol–water partition coefficient (Wildman–Crippen LogP) is 3.82. The molecule has 2 aromatic carbocycles. The maximum Gasteiger partial charge on any atom is 0.255 e. The van der Waals surface area contributed by atoms with Crippen LogP contribution in [-0.2, 0) is 0 Å². The summed E-state index contributed by atoms with van der Waals surface area (Å²) < 4.78 is 27.0. The molecule has 4 rings (SSSR count). The number of piperazine rings is 1. The normalized spacial score (nSPS) is 22.0. The first-order valence-electron chi connectivity index (χ1n) is 8.46. The van der Waals surface area contributed by atoms with Gasteiger partial charge in [-0.15, -0.1) is 0 Å². The Hall–Kier alpha value is -2.34. The Balaban J connectivity index is 1.58. The smallest absolute Gasteiger partial charge is 0.255 e. The lowest BCUT2D eigenvalue weighted by Gasteiger charge is -2.42. The average Bonchev–Trinajstić information content (AvgIpc) is 2.86. The number of anilines is 1. The van der Waals surface area contributed by atoms with E-state index in [4.69, 9.17) is 11.6 Å². The summed E-state index contributed by atoms with van der Waals surface area (Å²) in [6.45, 7) is 0.887. The predicted molar refractivity (Wildman–Crippen MR) is 94.7 cm³/mol. The van der Waals surface area contributed by atoms with Gasteiger partial charge in [0.15, 0.2) is 11.6 Å². The van der Waals surface area contributed by atoms with Crippen LogP contribution in [0.3, 0.4) is 0 Å². The van der Waals surface area contributed by atoms with E-state index in [2.05, 4.69) is 0 Å². The van der Waals surface area contributed by atoms with Crippen molar-refractivity contribution in [1.82, 2.24) is 4.90 Å². The second kappa shape index (κ2) is 6.43. The number of hydrogen-bond donors (Lipinski definition) is 1. The van der Waals surface area contributed by atoms with Crippen LogP contribution in [0.5, 0.6) is 5.75 Å². The highest BCUT2D eigenvalue weighted by atomic mass is 35.5. The first-order valence-corrected chi connectivity index (χ1v) is 8.83. The second-order valence-electron chi connectivity index (χ2n) is 6.73. The van der Waals surface area contributed by atoms with Crippen molar-refractivity contribution < 1.29 is 18.7 Å². The molecule has 2 fully saturated rings. The van der Waals surface area contributed by atoms with Crippen molar-refractivity contribution in [3.63, 3.8) is 0 Å². The van der Waals surface area contributed by atoms with E-state index in [1.165, 1.54) is 18.2 Å². The van der Waals surface area contributed by atoms with E-state index in [1.807, 2.05) is 4.90 Å². The first kappa shape index (κ1) is 17.1. The van der Waals surface area contributed by atoms with Gasteiger partial charge in [-0.05, 0) is 43.2 Å². The number of likely N-dealkylation sites (tertiary alicyclic amines) is 1. The van der Waals surface area contributed by atoms with Crippen LogP contribution in [0.4, 0.5) is 14.5 Å². The van der Waals surface area contributed by atoms with Crippen LogP contribution in [0.25, 0.3) is 0 Å². The number of hydrogen-bond acceptors (Lipinski definition) is 3. The number of amides is 1. The zero-order chi connectivity index (χ0) is 18.4. The van der Waals surface area contributed by atoms with Gasteiger partial charge >= 0.3 is 0 Å². The highest BCUT2D eigenvalue weighted by Crippen LogP contribution is 2.40. The first-order chi connectivity index (χ1) is 12.5. The number of aromatic hydroxyl groups is 1. The quantitative estimate of drug-likeness (QED) is 0.864. The summed E-state index contributed by atoms with van der Waals surface area (Å²) in [5, 5.41) is 10.2. The molecule has 26 heavy (non-hydrogen) atoms. The molecule has 1 amide bonds. The molecule has 2 atom stereocenters. The summed E-state index contributed by atoms with van der Waals surface area (Å²) in [6, 6.07) is 8.20. The van der Waals surface area contributed by atoms with E-state index in [1.54, 1.807) is 17.0 Å². The fourth-order valence-corrected chi connectivity index (χ4v) is 4.26. The topological polar surface area (TPSA) is 43.8 Å². The van der Waals surface area contributed by atoms with E-state index < -0.39 is 11.6 Å². The van der Waals surface area contributed by atoms with Crippen molar-refractivity contribution in [3.05, 3.63) is 58.6 Å². The van der Waals surface area contributed by atoms with E-state index in [0.717, 1.165) is 18.9 Å². The van der Waals surface area contributed by atoms with E-state index in [-0.39, 0.29) is 34.3 Å². The highest BCUT2D eigenvalue weighted by molar-refractivity contribution is 6.33. The zero-order valence-corrected chi connectivity index (χ0v) is 14.6. The summed E-state index contributed by atoms with van der Waals surface area (Å²) in [5.41, 5.74) is 0.735. The van der Waals surface area contributed by atoms with Crippen LogP contribution in [0.2, 0.25) is 5.02 Å². The van der Waals surface area contributed by atoms with Crippen LogP contribution in [0, 0.1) is 11.6 Å². The number of rotatable bonds is 2. The van der Waals surface area contributed by atoms with Crippen molar-refractivity contribution in [1.29, 1.82) is 0 Å². The minimum absolute atomic E-state index is 0.00961. The molecule has 2 aromatic rings. The molecule has 4 nitrogen and oxygen atoms in total. The van der Waals surface area contributed by atoms with Gasteiger partial charge in [0, 0.05) is 25.2 Å². The van der Waals surface area contributed by atoms with Gasteiger partial charge in [-0.3, -0.25) is 4.79 Å². The number of phenolic OH excluding ortho intramolecular Hbond substituents is 1. The zero-order valence-electron chi connectivity index (χ0n) is 13.8. The van der Waals surface area contributed by atoms with Gasteiger partial charge < -0.3 is 14.9 Å². The molecule has 0 saturated carbocycles. The number of fused-ring (bicyclic) bond motifs is 2. The van der Waals surface area contributed by atoms with Crippen molar-refractivity contribution in [2.24, 2.45) is 0 Å². The van der Waals surface area contributed by atoms with E-state index in [9.17, 15) is 18.7 Å². The Morgan fingerprint density at radius 1 is 1.12 bits per heavy atom. The molecule has 0 aromatic heterocycles. The molecular formula is C19H17ClF2N2O2. The molecule has 2 aliphatic rings. The van der Waals surface area contributed by atoms with Gasteiger partial charge in [-0.25, -0.2) is 8.78 Å². The van der Waals surface area contributed by atoms with Gasteiger partial charge in [0.25, 0.3) is 5.91 Å². The van der Waals surface area contributed by atoms with Gasteiger partial charge in [0.05, 0.1) is 16.3 Å². The molecule has 2 bridgehead atoms. The summed E-state index contributed by atoms with van der Waals surface area (Å²) in [7, 11) is 0. The van der Waals surface area contributed by atoms with Gasteiger partial charge in [-0.2, -0.15) is 0 Å². The number of nitrogens with zero attached hydrogens (tertiary/aromatic N) is 2. The number of para-hydroxylation sites is 1. The Labute approximate surface area is 154 Å². The molecule has 136 valence electrons. The van der Waals surface area contributed by atoms with Crippen LogP contribution in [0.1, 0.15) is 23.2 Å². The Morgan fingerprint density at radius 3 is 2.46 bits per heavy atom. The molecule has 0 spiro atoms. The third-order valence-corrected chi connectivity index (χ3v) is 5.49. The molecule has 0 aliphatic carbocycles. The lowest BCUT2D eigenvalue weighted by molar-refractivity contribution is 0.0718. The van der Waals surface area contributed by atoms with Crippen LogP contribution < -0.4 is 4.90 Å². The summed E-state index contributed by atoms with van der Waals surface area (Å²) in [6.07, 6.45) is 1.70. The molecule has 7 heteroatoms. The molecule has 2 aliphatic heterocycles. The monoisotopic (exact) mass is 378 g/mol. The maximum atomic E-state index is 13.7. The fraction of sp³-hybridized carbons (Fsp3) is 0.316. The molecular weight excluding hydrogens is 362 g/mol. The molecule has 2 saturated heterocycles. The van der Waals surface area contributed by atoms with Crippen molar-refractivity contribution in [3.8, 4) is 5.75 Å². The molecule has 2 unspecified atom stereocenters. The van der Waals surface area contributed by atoms with Crippen molar-refractivity contribution in [2.75, 3.05) is 18.0 Å². The number of halogens is 3. The Kier molecular flexibility index (Phi) is 4.23. The number of phenols is 1. The van der Waals surface area contributed by atoms with Crippen LogP contribution in [0.15, 0.2) is 36.4 Å². The lowest BCUT2D eigenvalue weighted by Crippen LogP contribution is -2.55. The summed E-state index contributed by atoms with van der Waals surface area (Å²) in [5.74, 6) is -1.74. The second-order valence-corrected chi connectivity index (χ2v) is 7.14. The molecule has 2 heterocycles. The third kappa shape index (κ3) is 2.78. The number of benzene rings is 2. The maximum absolute atomic E-state index is 13.7. The SMILES string of the molecule is O=C(c1ccc(F)cc1Cl)N1CC2CCC(C1)N2c1cccc(F)c1O. The average molecular weight is 379 g/mol. The largest absolute Gasteiger partial charge is 0.503 e. The van der Waals surface area contributed by atoms with E-state index >= 15 is 0 Å². The minimum Gasteiger partial charge on any atom is -0.503 e. The summed E-state index contributed by atoms with van der Waals surface area (Å²) in [4.78, 5) is 16.5. The highest BCUT2D eigenvalue weighted by Gasteiger charge is 2.42. The minimum atomic E-state index is -0.654. The summed E-state index contributed by atoms with van der Waals surface area (Å²) >= 11 is 6.02. The van der Waals surface area contributed by atoms with Crippen LogP contribution in [-0.4, -0.2) is 41.1 Å². The Morgan fingerprint density at radius 2 is 1.81 bits per heavy atom. The van der Waals surface area contributed by atoms with Gasteiger partial charge in [0.1, 0.15) is 5.82 Å². The van der Waals surface area contributed by atoms with Gasteiger partial charge in [-0.1, -0.05) is 17.7 Å². The fourth-order valence-electron chi connectivity index (χ4n) is 4.01. The van der Waals surface area contributed by atoms with E-state index in [0.29, 0.717) is 18.8 Å². The van der Waals surface area contributed by atoms with Gasteiger partial charge in [0.2, 0.25) is 0 Å². The standard InChI is InChI=1S/C19H17ClF2N2O2/c20-15-8-11(21)4-7-14(15)19(26)23-9-12-5-6-13(10-23)24(12)17-3-1-2-16(22)18(17)25/h1-4,7-8,12-13,25H,5-6,9-10H2. The van der Waals surface area contributed by atoms with Crippen LogP contribution >= 0.6 is 11.6 Å². The Bertz CT molecular complexity index is 863. The lowest BCUT2D eigenvalue weighted by atomic mass is 10.1. The number of carbonyl (C=O) groups excluding carboxylic acids is 1. The molecule has 1 N–H and O–H groups in total. The molecule has 0 radical (unpaired) electrons.